The Balaban J connectivity index is 1.83. The average molecular weight is 199 g/mol. The Kier molecular flexibility index (Phi) is 3.10. The SMILES string of the molecule is CC1(O)CCCC1O[C@H]1CCCNC1. The topological polar surface area (TPSA) is 41.5 Å². The summed E-state index contributed by atoms with van der Waals surface area (Å²) in [6, 6.07) is 0. The number of aliphatic hydroxyl groups is 1. The van der Waals surface area contributed by atoms with Crippen molar-refractivity contribution in [1.29, 1.82) is 0 Å². The highest BCUT2D eigenvalue weighted by Crippen LogP contribution is 2.33. The van der Waals surface area contributed by atoms with E-state index in [9.17, 15) is 5.11 Å². The van der Waals surface area contributed by atoms with Gasteiger partial charge in [-0.1, -0.05) is 0 Å². The van der Waals surface area contributed by atoms with Crippen LogP contribution in [0.1, 0.15) is 39.0 Å². The molecule has 1 heterocycles. The molecule has 3 atom stereocenters. The van der Waals surface area contributed by atoms with E-state index >= 15 is 0 Å². The molecule has 0 spiro atoms. The van der Waals surface area contributed by atoms with Crippen LogP contribution in [-0.4, -0.2) is 36.0 Å². The third-order valence-corrected chi connectivity index (χ3v) is 3.45. The van der Waals surface area contributed by atoms with Crippen molar-refractivity contribution >= 4 is 0 Å². The molecule has 0 aromatic heterocycles. The lowest BCUT2D eigenvalue weighted by Crippen LogP contribution is -2.43. The van der Waals surface area contributed by atoms with Crippen LogP contribution >= 0.6 is 0 Å². The molecule has 82 valence electrons. The van der Waals surface area contributed by atoms with Crippen LogP contribution in [0, 0.1) is 0 Å². The van der Waals surface area contributed by atoms with Crippen LogP contribution in [0.2, 0.25) is 0 Å². The van der Waals surface area contributed by atoms with E-state index in [4.69, 9.17) is 4.74 Å². The molecule has 2 fully saturated rings. The van der Waals surface area contributed by atoms with Gasteiger partial charge < -0.3 is 15.2 Å². The highest BCUT2D eigenvalue weighted by molar-refractivity contribution is 4.90. The first-order valence-electron chi connectivity index (χ1n) is 5.77. The summed E-state index contributed by atoms with van der Waals surface area (Å²) in [5, 5.41) is 13.4. The van der Waals surface area contributed by atoms with Crippen molar-refractivity contribution in [2.24, 2.45) is 0 Å². The minimum atomic E-state index is -0.586. The summed E-state index contributed by atoms with van der Waals surface area (Å²) in [6.07, 6.45) is 5.71. The van der Waals surface area contributed by atoms with Gasteiger partial charge in [0.2, 0.25) is 0 Å². The molecular formula is C11H21NO2. The summed E-state index contributed by atoms with van der Waals surface area (Å²) in [7, 11) is 0. The Morgan fingerprint density at radius 3 is 2.79 bits per heavy atom. The maximum atomic E-state index is 10.0. The molecule has 0 aromatic carbocycles. The molecule has 3 heteroatoms. The molecule has 3 nitrogen and oxygen atoms in total. The zero-order valence-corrected chi connectivity index (χ0v) is 8.96. The van der Waals surface area contributed by atoms with E-state index in [2.05, 4.69) is 5.32 Å². The van der Waals surface area contributed by atoms with Gasteiger partial charge in [0.25, 0.3) is 0 Å². The Labute approximate surface area is 85.8 Å². The highest BCUT2D eigenvalue weighted by atomic mass is 16.5. The third kappa shape index (κ3) is 2.27. The van der Waals surface area contributed by atoms with Gasteiger partial charge in [-0.2, -0.15) is 0 Å². The van der Waals surface area contributed by atoms with E-state index in [-0.39, 0.29) is 6.10 Å². The number of ether oxygens (including phenoxy) is 1. The van der Waals surface area contributed by atoms with Crippen LogP contribution in [0.3, 0.4) is 0 Å². The highest BCUT2D eigenvalue weighted by Gasteiger charge is 2.39. The Morgan fingerprint density at radius 1 is 1.36 bits per heavy atom. The first kappa shape index (κ1) is 10.4. The molecule has 1 saturated heterocycles. The molecule has 1 aliphatic carbocycles. The van der Waals surface area contributed by atoms with Crippen molar-refractivity contribution in [2.75, 3.05) is 13.1 Å². The second-order valence-electron chi connectivity index (χ2n) is 4.84. The fraction of sp³-hybridized carbons (Fsp3) is 1.00. The van der Waals surface area contributed by atoms with Crippen molar-refractivity contribution in [3.63, 3.8) is 0 Å². The molecule has 0 radical (unpaired) electrons. The van der Waals surface area contributed by atoms with Crippen molar-refractivity contribution in [3.05, 3.63) is 0 Å². The molecule has 2 unspecified atom stereocenters. The minimum Gasteiger partial charge on any atom is -0.387 e. The Bertz CT molecular complexity index is 188. The van der Waals surface area contributed by atoms with Crippen LogP contribution in [0.25, 0.3) is 0 Å². The fourth-order valence-corrected chi connectivity index (χ4v) is 2.50. The average Bonchev–Trinajstić information content (AvgIpc) is 2.48. The van der Waals surface area contributed by atoms with Gasteiger partial charge >= 0.3 is 0 Å². The van der Waals surface area contributed by atoms with E-state index in [0.717, 1.165) is 38.8 Å². The predicted octanol–water partition coefficient (Wildman–Crippen LogP) is 1.06. The molecule has 2 aliphatic rings. The molecule has 2 N–H and O–H groups in total. The third-order valence-electron chi connectivity index (χ3n) is 3.45. The van der Waals surface area contributed by atoms with Crippen molar-refractivity contribution in [1.82, 2.24) is 5.32 Å². The van der Waals surface area contributed by atoms with Gasteiger partial charge in [0.1, 0.15) is 0 Å². The maximum absolute atomic E-state index is 10.0. The van der Waals surface area contributed by atoms with E-state index in [1.807, 2.05) is 6.92 Å². The van der Waals surface area contributed by atoms with Gasteiger partial charge in [-0.15, -0.1) is 0 Å². The van der Waals surface area contributed by atoms with Gasteiger partial charge in [-0.25, -0.2) is 0 Å². The standard InChI is InChI=1S/C11H21NO2/c1-11(13)6-2-5-10(11)14-9-4-3-7-12-8-9/h9-10,12-13H,2-8H2,1H3/t9-,10?,11?/m0/s1. The van der Waals surface area contributed by atoms with Gasteiger partial charge in [-0.3, -0.25) is 0 Å². The number of rotatable bonds is 2. The van der Waals surface area contributed by atoms with Gasteiger partial charge in [-0.05, 0) is 45.6 Å². The largest absolute Gasteiger partial charge is 0.387 e. The molecule has 1 aliphatic heterocycles. The number of hydrogen-bond acceptors (Lipinski definition) is 3. The number of nitrogens with one attached hydrogen (secondary N) is 1. The van der Waals surface area contributed by atoms with Crippen molar-refractivity contribution in [2.45, 2.75) is 56.8 Å². The Morgan fingerprint density at radius 2 is 2.21 bits per heavy atom. The van der Waals surface area contributed by atoms with Crippen LogP contribution in [0.15, 0.2) is 0 Å². The number of piperidine rings is 1. The molecule has 0 amide bonds. The summed E-state index contributed by atoms with van der Waals surface area (Å²) in [6.45, 7) is 3.97. The van der Waals surface area contributed by atoms with Crippen LogP contribution in [-0.2, 0) is 4.74 Å². The van der Waals surface area contributed by atoms with E-state index in [1.165, 1.54) is 6.42 Å². The monoisotopic (exact) mass is 199 g/mol. The molecule has 1 saturated carbocycles. The Hall–Kier alpha value is -0.120. The first-order valence-corrected chi connectivity index (χ1v) is 5.77. The zero-order valence-electron chi connectivity index (χ0n) is 8.96. The summed E-state index contributed by atoms with van der Waals surface area (Å²) >= 11 is 0. The lowest BCUT2D eigenvalue weighted by Gasteiger charge is -2.32. The summed E-state index contributed by atoms with van der Waals surface area (Å²) in [5.74, 6) is 0. The molecule has 0 bridgehead atoms. The fourth-order valence-electron chi connectivity index (χ4n) is 2.50. The lowest BCUT2D eigenvalue weighted by molar-refractivity contribution is -0.113. The normalized spacial score (nSPS) is 44.1. The molecule has 0 aromatic rings. The van der Waals surface area contributed by atoms with Crippen LogP contribution < -0.4 is 5.32 Å². The zero-order chi connectivity index (χ0) is 10.0. The van der Waals surface area contributed by atoms with Gasteiger partial charge in [0, 0.05) is 6.54 Å². The summed E-state index contributed by atoms with van der Waals surface area (Å²) < 4.78 is 5.96. The molecule has 14 heavy (non-hydrogen) atoms. The molecule has 2 rings (SSSR count). The first-order chi connectivity index (χ1) is 6.68. The van der Waals surface area contributed by atoms with Crippen LogP contribution in [0.4, 0.5) is 0 Å². The number of hydrogen-bond donors (Lipinski definition) is 2. The minimum absolute atomic E-state index is 0.0624. The van der Waals surface area contributed by atoms with Gasteiger partial charge in [0.05, 0.1) is 17.8 Å². The van der Waals surface area contributed by atoms with Gasteiger partial charge in [0.15, 0.2) is 0 Å². The quantitative estimate of drug-likeness (QED) is 0.698. The summed E-state index contributed by atoms with van der Waals surface area (Å²) in [4.78, 5) is 0. The maximum Gasteiger partial charge on any atom is 0.0880 e. The predicted molar refractivity (Wildman–Crippen MR) is 55.2 cm³/mol. The van der Waals surface area contributed by atoms with E-state index < -0.39 is 5.60 Å². The lowest BCUT2D eigenvalue weighted by atomic mass is 10.0. The van der Waals surface area contributed by atoms with E-state index in [0.29, 0.717) is 6.10 Å². The molecular weight excluding hydrogens is 178 g/mol. The van der Waals surface area contributed by atoms with Crippen molar-refractivity contribution in [3.8, 4) is 0 Å². The summed E-state index contributed by atoms with van der Waals surface area (Å²) in [5.41, 5.74) is -0.586. The second-order valence-corrected chi connectivity index (χ2v) is 4.84. The van der Waals surface area contributed by atoms with Crippen LogP contribution in [0.5, 0.6) is 0 Å². The van der Waals surface area contributed by atoms with E-state index in [1.54, 1.807) is 0 Å². The second kappa shape index (κ2) is 4.17. The smallest absolute Gasteiger partial charge is 0.0880 e. The van der Waals surface area contributed by atoms with Crippen molar-refractivity contribution < 1.29 is 9.84 Å².